The Balaban J connectivity index is 0.000000382. The molecule has 0 radical (unpaired) electrons. The van der Waals surface area contributed by atoms with Crippen LogP contribution in [0.2, 0.25) is 10.0 Å². The van der Waals surface area contributed by atoms with Crippen LogP contribution in [0.15, 0.2) is 18.2 Å². The van der Waals surface area contributed by atoms with E-state index >= 15 is 0 Å². The maximum atomic E-state index is 9.77. The van der Waals surface area contributed by atoms with Crippen LogP contribution in [0.3, 0.4) is 0 Å². The van der Waals surface area contributed by atoms with Crippen molar-refractivity contribution in [2.24, 2.45) is 11.8 Å². The fraction of sp³-hybridized carbons (Fsp3) is 0.600. The summed E-state index contributed by atoms with van der Waals surface area (Å²) in [5, 5.41) is 37.3. The lowest BCUT2D eigenvalue weighted by molar-refractivity contribution is -0.165. The molecule has 2 rings (SSSR count). The van der Waals surface area contributed by atoms with Gasteiger partial charge >= 0.3 is 11.9 Å². The minimum atomic E-state index is -2.27. The Bertz CT molecular complexity index is 680. The van der Waals surface area contributed by atoms with Crippen LogP contribution in [-0.2, 0) is 16.1 Å². The maximum Gasteiger partial charge on any atom is 0.335 e. The molecule has 10 heteroatoms. The normalized spacial score (nSPS) is 18.1. The van der Waals surface area contributed by atoms with Gasteiger partial charge in [0.1, 0.15) is 0 Å². The van der Waals surface area contributed by atoms with E-state index in [0.29, 0.717) is 16.0 Å². The molecule has 1 aliphatic rings. The molecule has 1 aliphatic heterocycles. The number of aliphatic hydroxyl groups excluding tert-OH is 2. The number of carboxylic acid groups (broad SMARTS) is 2. The molecule has 0 spiro atoms. The third-order valence-electron chi connectivity index (χ3n) is 4.53. The quantitative estimate of drug-likeness (QED) is 0.374. The van der Waals surface area contributed by atoms with E-state index in [1.54, 1.807) is 0 Å². The monoisotopic (exact) mass is 464 g/mol. The molecule has 0 aromatic heterocycles. The van der Waals surface area contributed by atoms with Gasteiger partial charge in [-0.15, -0.1) is 0 Å². The summed E-state index contributed by atoms with van der Waals surface area (Å²) in [6.07, 6.45) is -3.26. The van der Waals surface area contributed by atoms with E-state index in [0.717, 1.165) is 44.2 Å². The van der Waals surface area contributed by atoms with Crippen molar-refractivity contribution in [3.63, 3.8) is 0 Å². The number of aliphatic hydroxyl groups is 2. The highest BCUT2D eigenvalue weighted by Gasteiger charge is 2.29. The van der Waals surface area contributed by atoms with Crippen LogP contribution in [0.4, 0.5) is 0 Å². The average Bonchev–Trinajstić information content (AvgIpc) is 3.17. The SMILES string of the molecule is CC(C)CN(Cc1cccc(Cl)c1Cl)C[C@H]1CCNC1.O=C(O)[C@H](O)[C@@H](O)C(=O)O. The molecule has 3 atom stereocenters. The topological polar surface area (TPSA) is 130 Å². The van der Waals surface area contributed by atoms with E-state index in [2.05, 4.69) is 30.1 Å². The number of hydrogen-bond donors (Lipinski definition) is 5. The second-order valence-corrected chi connectivity index (χ2v) is 8.51. The average molecular weight is 465 g/mol. The van der Waals surface area contributed by atoms with E-state index in [4.69, 9.17) is 43.6 Å². The molecule has 1 fully saturated rings. The van der Waals surface area contributed by atoms with Crippen LogP contribution in [0.25, 0.3) is 0 Å². The molecule has 0 bridgehead atoms. The van der Waals surface area contributed by atoms with Crippen LogP contribution < -0.4 is 5.32 Å². The molecular weight excluding hydrogens is 435 g/mol. The molecular formula is C20H30Cl2N2O6. The molecule has 0 unspecified atom stereocenters. The Hall–Kier alpha value is -1.42. The number of benzene rings is 1. The zero-order chi connectivity index (χ0) is 22.8. The number of aliphatic carboxylic acids is 2. The Morgan fingerprint density at radius 1 is 1.17 bits per heavy atom. The van der Waals surface area contributed by atoms with Crippen LogP contribution in [0.5, 0.6) is 0 Å². The van der Waals surface area contributed by atoms with Crippen molar-refractivity contribution in [3.8, 4) is 0 Å². The lowest BCUT2D eigenvalue weighted by Gasteiger charge is -2.27. The Labute approximate surface area is 186 Å². The predicted octanol–water partition coefficient (Wildman–Crippen LogP) is 1.94. The van der Waals surface area contributed by atoms with Gasteiger partial charge in [-0.25, -0.2) is 9.59 Å². The van der Waals surface area contributed by atoms with Gasteiger partial charge in [0.25, 0.3) is 0 Å². The number of rotatable bonds is 9. The van der Waals surface area contributed by atoms with Crippen molar-refractivity contribution in [2.75, 3.05) is 26.2 Å². The number of halogens is 2. The summed E-state index contributed by atoms with van der Waals surface area (Å²) in [5.41, 5.74) is 1.13. The second kappa shape index (κ2) is 13.1. The third kappa shape index (κ3) is 9.16. The highest BCUT2D eigenvalue weighted by atomic mass is 35.5. The van der Waals surface area contributed by atoms with Crippen LogP contribution in [-0.4, -0.2) is 75.7 Å². The van der Waals surface area contributed by atoms with Crippen molar-refractivity contribution in [1.82, 2.24) is 10.2 Å². The van der Waals surface area contributed by atoms with Crippen molar-refractivity contribution in [2.45, 2.75) is 39.0 Å². The Morgan fingerprint density at radius 2 is 1.77 bits per heavy atom. The summed E-state index contributed by atoms with van der Waals surface area (Å²) in [6, 6.07) is 5.91. The van der Waals surface area contributed by atoms with Gasteiger partial charge in [0.15, 0.2) is 12.2 Å². The first kappa shape index (κ1) is 26.6. The van der Waals surface area contributed by atoms with Crippen molar-refractivity contribution in [1.29, 1.82) is 0 Å². The van der Waals surface area contributed by atoms with Gasteiger partial charge in [-0.3, -0.25) is 4.90 Å². The minimum Gasteiger partial charge on any atom is -0.479 e. The first-order valence-electron chi connectivity index (χ1n) is 9.70. The molecule has 1 aromatic carbocycles. The highest BCUT2D eigenvalue weighted by Crippen LogP contribution is 2.27. The zero-order valence-corrected chi connectivity index (χ0v) is 18.6. The smallest absolute Gasteiger partial charge is 0.335 e. The summed E-state index contributed by atoms with van der Waals surface area (Å²) >= 11 is 12.4. The zero-order valence-electron chi connectivity index (χ0n) is 17.1. The number of hydrogen-bond acceptors (Lipinski definition) is 6. The van der Waals surface area contributed by atoms with E-state index in [1.165, 1.54) is 6.42 Å². The van der Waals surface area contributed by atoms with E-state index < -0.39 is 24.1 Å². The van der Waals surface area contributed by atoms with E-state index in [9.17, 15) is 9.59 Å². The van der Waals surface area contributed by atoms with Gasteiger partial charge in [-0.05, 0) is 43.0 Å². The highest BCUT2D eigenvalue weighted by molar-refractivity contribution is 6.42. The Kier molecular flexibility index (Phi) is 11.6. The number of nitrogens with zero attached hydrogens (tertiary/aromatic N) is 1. The predicted molar refractivity (Wildman–Crippen MR) is 115 cm³/mol. The van der Waals surface area contributed by atoms with E-state index in [-0.39, 0.29) is 0 Å². The van der Waals surface area contributed by atoms with Gasteiger partial charge in [-0.1, -0.05) is 49.2 Å². The Morgan fingerprint density at radius 3 is 2.23 bits per heavy atom. The molecule has 0 amide bonds. The van der Waals surface area contributed by atoms with Gasteiger partial charge in [0.05, 0.1) is 10.0 Å². The fourth-order valence-electron chi connectivity index (χ4n) is 3.14. The van der Waals surface area contributed by atoms with Gasteiger partial charge in [0.2, 0.25) is 0 Å². The number of carbonyl (C=O) groups is 2. The molecule has 1 aromatic rings. The molecule has 1 saturated heterocycles. The van der Waals surface area contributed by atoms with Crippen molar-refractivity contribution in [3.05, 3.63) is 33.8 Å². The first-order valence-corrected chi connectivity index (χ1v) is 10.5. The molecule has 1 heterocycles. The minimum absolute atomic E-state index is 0.649. The fourth-order valence-corrected chi connectivity index (χ4v) is 3.52. The molecule has 30 heavy (non-hydrogen) atoms. The lowest BCUT2D eigenvalue weighted by atomic mass is 10.1. The second-order valence-electron chi connectivity index (χ2n) is 7.73. The molecule has 0 saturated carbocycles. The summed E-state index contributed by atoms with van der Waals surface area (Å²) < 4.78 is 0. The van der Waals surface area contributed by atoms with Crippen molar-refractivity contribution >= 4 is 35.1 Å². The summed E-state index contributed by atoms with van der Waals surface area (Å²) in [5.74, 6) is -2.13. The largest absolute Gasteiger partial charge is 0.479 e. The van der Waals surface area contributed by atoms with Gasteiger partial charge in [0, 0.05) is 19.6 Å². The van der Waals surface area contributed by atoms with E-state index in [1.807, 2.05) is 12.1 Å². The van der Waals surface area contributed by atoms with Crippen molar-refractivity contribution < 1.29 is 30.0 Å². The maximum absolute atomic E-state index is 9.77. The summed E-state index contributed by atoms with van der Waals surface area (Å²) in [4.78, 5) is 22.1. The van der Waals surface area contributed by atoms with Crippen LogP contribution in [0.1, 0.15) is 25.8 Å². The van der Waals surface area contributed by atoms with Gasteiger partial charge in [-0.2, -0.15) is 0 Å². The third-order valence-corrected chi connectivity index (χ3v) is 5.39. The first-order chi connectivity index (χ1) is 14.0. The number of nitrogens with one attached hydrogen (secondary N) is 1. The molecule has 0 aliphatic carbocycles. The number of carboxylic acids is 2. The standard InChI is InChI=1S/C16H24Cl2N2.C4H6O6/c1-12(2)9-20(10-13-6-7-19-8-13)11-14-4-3-5-15(17)16(14)18;5-1(3(7)8)2(6)4(9)10/h3-5,12-13,19H,6-11H2,1-2H3;1-2,5-6H,(H,7,8)(H,9,10)/t13-;1-,2-/m01/s1. The summed E-state index contributed by atoms with van der Waals surface area (Å²) in [6.45, 7) is 9.93. The summed E-state index contributed by atoms with van der Waals surface area (Å²) in [7, 11) is 0. The van der Waals surface area contributed by atoms with Crippen LogP contribution in [0, 0.1) is 11.8 Å². The molecule has 8 nitrogen and oxygen atoms in total. The lowest BCUT2D eigenvalue weighted by Crippen LogP contribution is -2.39. The van der Waals surface area contributed by atoms with Gasteiger partial charge < -0.3 is 25.7 Å². The molecule has 170 valence electrons. The molecule has 5 N–H and O–H groups in total. The van der Waals surface area contributed by atoms with Crippen LogP contribution >= 0.6 is 23.2 Å².